The average Bonchev–Trinajstić information content (AvgIpc) is 3.36. The zero-order valence-corrected chi connectivity index (χ0v) is 15.7. The van der Waals surface area contributed by atoms with E-state index in [2.05, 4.69) is 15.6 Å². The quantitative estimate of drug-likeness (QED) is 0.697. The number of thiazole rings is 1. The van der Waals surface area contributed by atoms with Gasteiger partial charge in [0.05, 0.1) is 36.0 Å². The first-order valence-electron chi connectivity index (χ1n) is 8.66. The van der Waals surface area contributed by atoms with Crippen LogP contribution in [0.25, 0.3) is 0 Å². The number of anilines is 1. The molecule has 0 radical (unpaired) electrons. The number of hydrogen-bond acceptors (Lipinski definition) is 6. The van der Waals surface area contributed by atoms with Gasteiger partial charge < -0.3 is 20.1 Å². The minimum Gasteiger partial charge on any atom is -0.376 e. The van der Waals surface area contributed by atoms with Gasteiger partial charge in [-0.25, -0.2) is 8.78 Å². The molecule has 0 spiro atoms. The van der Waals surface area contributed by atoms with E-state index in [0.717, 1.165) is 23.8 Å². The van der Waals surface area contributed by atoms with Crippen LogP contribution in [0, 0.1) is 11.6 Å². The van der Waals surface area contributed by atoms with Crippen LogP contribution < -0.4 is 10.6 Å². The lowest BCUT2D eigenvalue weighted by Gasteiger charge is -2.12. The second-order valence-corrected chi connectivity index (χ2v) is 7.13. The van der Waals surface area contributed by atoms with Crippen molar-refractivity contribution >= 4 is 28.8 Å². The van der Waals surface area contributed by atoms with Gasteiger partial charge in [-0.05, 0) is 18.9 Å². The van der Waals surface area contributed by atoms with Crippen LogP contribution >= 0.6 is 11.3 Å². The predicted molar refractivity (Wildman–Crippen MR) is 98.1 cm³/mol. The van der Waals surface area contributed by atoms with Crippen molar-refractivity contribution < 1.29 is 27.8 Å². The van der Waals surface area contributed by atoms with E-state index in [1.165, 1.54) is 11.3 Å². The molecule has 10 heteroatoms. The standard InChI is InChI=1S/C18H19F2N3O4S/c19-14-5-15(20)16(23-17(24)9-26-8-11-2-1-3-27-11)4-13(14)18(25)22-7-12-6-21-10-28-12/h4-6,10-11H,1-3,7-9H2,(H,22,25)(H,23,24). The highest BCUT2D eigenvalue weighted by Gasteiger charge is 2.19. The van der Waals surface area contributed by atoms with E-state index in [4.69, 9.17) is 9.47 Å². The Morgan fingerprint density at radius 2 is 2.18 bits per heavy atom. The van der Waals surface area contributed by atoms with Crippen LogP contribution in [0.3, 0.4) is 0 Å². The van der Waals surface area contributed by atoms with Crippen molar-refractivity contribution in [1.29, 1.82) is 0 Å². The predicted octanol–water partition coefficient (Wildman–Crippen LogP) is 2.49. The van der Waals surface area contributed by atoms with Gasteiger partial charge in [0.2, 0.25) is 5.91 Å². The number of rotatable bonds is 8. The number of amides is 2. The zero-order valence-electron chi connectivity index (χ0n) is 14.9. The summed E-state index contributed by atoms with van der Waals surface area (Å²) in [5.74, 6) is -3.34. The van der Waals surface area contributed by atoms with E-state index in [9.17, 15) is 18.4 Å². The maximum atomic E-state index is 14.0. The molecule has 0 saturated carbocycles. The number of carbonyl (C=O) groups excluding carboxylic acids is 2. The second kappa shape index (κ2) is 9.67. The molecule has 2 amide bonds. The zero-order chi connectivity index (χ0) is 19.9. The Morgan fingerprint density at radius 1 is 1.32 bits per heavy atom. The van der Waals surface area contributed by atoms with Gasteiger partial charge >= 0.3 is 0 Å². The molecule has 150 valence electrons. The maximum absolute atomic E-state index is 14.0. The summed E-state index contributed by atoms with van der Waals surface area (Å²) in [7, 11) is 0. The Morgan fingerprint density at radius 3 is 2.89 bits per heavy atom. The van der Waals surface area contributed by atoms with Gasteiger partial charge in [-0.15, -0.1) is 11.3 Å². The molecule has 1 saturated heterocycles. The highest BCUT2D eigenvalue weighted by Crippen LogP contribution is 2.20. The van der Waals surface area contributed by atoms with Crippen LogP contribution in [-0.2, 0) is 20.8 Å². The molecule has 2 aromatic rings. The monoisotopic (exact) mass is 411 g/mol. The van der Waals surface area contributed by atoms with E-state index in [1.807, 2.05) is 0 Å². The fraction of sp³-hybridized carbons (Fsp3) is 0.389. The Balaban J connectivity index is 1.56. The molecule has 3 rings (SSSR count). The van der Waals surface area contributed by atoms with Crippen LogP contribution in [0.5, 0.6) is 0 Å². The Kier molecular flexibility index (Phi) is 7.01. The third kappa shape index (κ3) is 5.54. The number of halogens is 2. The molecule has 1 unspecified atom stereocenters. The molecule has 2 heterocycles. The second-order valence-electron chi connectivity index (χ2n) is 6.16. The largest absolute Gasteiger partial charge is 0.376 e. The summed E-state index contributed by atoms with van der Waals surface area (Å²) in [5.41, 5.74) is 0.936. The third-order valence-corrected chi connectivity index (χ3v) is 4.82. The Bertz CT molecular complexity index is 826. The number of benzene rings is 1. The molecule has 1 fully saturated rings. The van der Waals surface area contributed by atoms with E-state index in [-0.39, 0.29) is 37.1 Å². The van der Waals surface area contributed by atoms with Crippen molar-refractivity contribution in [2.75, 3.05) is 25.1 Å². The molecule has 28 heavy (non-hydrogen) atoms. The molecule has 2 N–H and O–H groups in total. The molecule has 1 aromatic heterocycles. The maximum Gasteiger partial charge on any atom is 0.254 e. The lowest BCUT2D eigenvalue weighted by Crippen LogP contribution is -2.25. The molecule has 0 bridgehead atoms. The van der Waals surface area contributed by atoms with Gasteiger partial charge in [0, 0.05) is 23.7 Å². The van der Waals surface area contributed by atoms with Gasteiger partial charge in [0.1, 0.15) is 18.2 Å². The molecule has 1 aromatic carbocycles. The normalized spacial score (nSPS) is 16.1. The number of hydrogen-bond donors (Lipinski definition) is 2. The van der Waals surface area contributed by atoms with Crippen molar-refractivity contribution in [3.05, 3.63) is 45.9 Å². The number of carbonyl (C=O) groups is 2. The molecular weight excluding hydrogens is 392 g/mol. The van der Waals surface area contributed by atoms with Crippen molar-refractivity contribution in [2.45, 2.75) is 25.5 Å². The fourth-order valence-corrected chi connectivity index (χ4v) is 3.19. The SMILES string of the molecule is O=C(COCC1CCCO1)Nc1cc(C(=O)NCc2cncs2)c(F)cc1F. The van der Waals surface area contributed by atoms with E-state index < -0.39 is 23.4 Å². The van der Waals surface area contributed by atoms with Crippen molar-refractivity contribution in [3.63, 3.8) is 0 Å². The summed E-state index contributed by atoms with van der Waals surface area (Å²) >= 11 is 1.34. The molecule has 1 atom stereocenters. The third-order valence-electron chi connectivity index (χ3n) is 4.04. The summed E-state index contributed by atoms with van der Waals surface area (Å²) in [6.07, 6.45) is 3.36. The Labute approximate surface area is 164 Å². The molecular formula is C18H19F2N3O4S. The number of nitrogens with zero attached hydrogens (tertiary/aromatic N) is 1. The lowest BCUT2D eigenvalue weighted by molar-refractivity contribution is -0.121. The molecule has 1 aliphatic heterocycles. The first kappa shape index (κ1) is 20.3. The van der Waals surface area contributed by atoms with Gasteiger partial charge in [-0.3, -0.25) is 14.6 Å². The number of aromatic nitrogens is 1. The van der Waals surface area contributed by atoms with E-state index in [0.29, 0.717) is 12.7 Å². The van der Waals surface area contributed by atoms with Crippen LogP contribution in [0.1, 0.15) is 28.1 Å². The number of nitrogens with one attached hydrogen (secondary N) is 2. The topological polar surface area (TPSA) is 89.5 Å². The highest BCUT2D eigenvalue weighted by molar-refractivity contribution is 7.09. The smallest absolute Gasteiger partial charge is 0.254 e. The van der Waals surface area contributed by atoms with Crippen LogP contribution in [0.15, 0.2) is 23.8 Å². The molecule has 7 nitrogen and oxygen atoms in total. The van der Waals surface area contributed by atoms with Crippen LogP contribution in [0.4, 0.5) is 14.5 Å². The first-order chi connectivity index (χ1) is 13.5. The summed E-state index contributed by atoms with van der Waals surface area (Å²) in [5, 5.41) is 4.82. The minimum atomic E-state index is -1.02. The summed E-state index contributed by atoms with van der Waals surface area (Å²) in [4.78, 5) is 28.8. The Hall–Kier alpha value is -2.43. The fourth-order valence-electron chi connectivity index (χ4n) is 2.66. The van der Waals surface area contributed by atoms with Gasteiger partial charge in [-0.1, -0.05) is 0 Å². The van der Waals surface area contributed by atoms with Gasteiger partial charge in [-0.2, -0.15) is 0 Å². The van der Waals surface area contributed by atoms with Crippen molar-refractivity contribution in [1.82, 2.24) is 10.3 Å². The average molecular weight is 411 g/mol. The molecule has 0 aliphatic carbocycles. The first-order valence-corrected chi connectivity index (χ1v) is 9.54. The lowest BCUT2D eigenvalue weighted by atomic mass is 10.1. The summed E-state index contributed by atoms with van der Waals surface area (Å²) in [6.45, 7) is 0.808. The van der Waals surface area contributed by atoms with Crippen LogP contribution in [-0.4, -0.2) is 42.7 Å². The van der Waals surface area contributed by atoms with Crippen molar-refractivity contribution in [3.8, 4) is 0 Å². The summed E-state index contributed by atoms with van der Waals surface area (Å²) < 4.78 is 38.6. The summed E-state index contributed by atoms with van der Waals surface area (Å²) in [6, 6.07) is 1.52. The minimum absolute atomic E-state index is 0.0378. The van der Waals surface area contributed by atoms with E-state index >= 15 is 0 Å². The van der Waals surface area contributed by atoms with Gasteiger partial charge in [0.25, 0.3) is 5.91 Å². The highest BCUT2D eigenvalue weighted by atomic mass is 32.1. The van der Waals surface area contributed by atoms with Crippen LogP contribution in [0.2, 0.25) is 0 Å². The van der Waals surface area contributed by atoms with Gasteiger partial charge in [0.15, 0.2) is 0 Å². The van der Waals surface area contributed by atoms with Crippen molar-refractivity contribution in [2.24, 2.45) is 0 Å². The molecule has 1 aliphatic rings. The van der Waals surface area contributed by atoms with E-state index in [1.54, 1.807) is 11.7 Å². The number of ether oxygens (including phenoxy) is 2.